The maximum Gasteiger partial charge on any atom is 0.472 e. The van der Waals surface area contributed by atoms with E-state index in [0.29, 0.717) is 25.7 Å². The molecule has 17 nitrogen and oxygen atoms in total. The molecule has 0 radical (unpaired) electrons. The zero-order chi connectivity index (χ0) is 69.3. The highest BCUT2D eigenvalue weighted by molar-refractivity contribution is 7.47. The first-order valence-electron chi connectivity index (χ1n) is 39.0. The van der Waals surface area contributed by atoms with E-state index in [-0.39, 0.29) is 25.7 Å². The summed E-state index contributed by atoms with van der Waals surface area (Å²) < 4.78 is 68.4. The molecule has 0 aromatic carbocycles. The van der Waals surface area contributed by atoms with Gasteiger partial charge in [-0.3, -0.25) is 37.3 Å². The lowest BCUT2D eigenvalue weighted by Gasteiger charge is -2.21. The summed E-state index contributed by atoms with van der Waals surface area (Å²) in [4.78, 5) is 72.7. The van der Waals surface area contributed by atoms with Crippen LogP contribution in [0.5, 0.6) is 0 Å². The molecule has 94 heavy (non-hydrogen) atoms. The van der Waals surface area contributed by atoms with Crippen molar-refractivity contribution in [1.29, 1.82) is 0 Å². The number of unbranched alkanes of at least 4 members (excludes halogenated alkanes) is 44. The molecule has 558 valence electrons. The fraction of sp³-hybridized carbons (Fsp3) is 0.947. The smallest absolute Gasteiger partial charge is 0.462 e. The Morgan fingerprint density at radius 2 is 0.489 bits per heavy atom. The topological polar surface area (TPSA) is 237 Å². The van der Waals surface area contributed by atoms with Crippen molar-refractivity contribution in [3.8, 4) is 0 Å². The van der Waals surface area contributed by atoms with Gasteiger partial charge in [-0.1, -0.05) is 337 Å². The molecular weight excluding hydrogens is 1230 g/mol. The third-order valence-corrected chi connectivity index (χ3v) is 19.4. The maximum atomic E-state index is 13.1. The van der Waals surface area contributed by atoms with Crippen LogP contribution < -0.4 is 0 Å². The third-order valence-electron chi connectivity index (χ3n) is 17.5. The number of phosphoric acid groups is 2. The Morgan fingerprint density at radius 1 is 0.287 bits per heavy atom. The number of phosphoric ester groups is 2. The predicted octanol–water partition coefficient (Wildman–Crippen LogP) is 21.9. The van der Waals surface area contributed by atoms with Gasteiger partial charge in [0, 0.05) is 25.7 Å². The van der Waals surface area contributed by atoms with E-state index in [1.54, 1.807) is 0 Å². The molecule has 0 aliphatic heterocycles. The minimum Gasteiger partial charge on any atom is -0.462 e. The second-order valence-electron chi connectivity index (χ2n) is 28.0. The van der Waals surface area contributed by atoms with Gasteiger partial charge in [-0.15, -0.1) is 0 Å². The van der Waals surface area contributed by atoms with Crippen molar-refractivity contribution < 1.29 is 80.2 Å². The Morgan fingerprint density at radius 3 is 0.723 bits per heavy atom. The van der Waals surface area contributed by atoms with Gasteiger partial charge in [0.1, 0.15) is 19.3 Å². The van der Waals surface area contributed by atoms with Gasteiger partial charge in [-0.2, -0.15) is 0 Å². The number of aliphatic hydroxyl groups is 1. The number of esters is 4. The Kier molecular flexibility index (Phi) is 65.5. The molecule has 0 aromatic rings. The minimum atomic E-state index is -4.96. The highest BCUT2D eigenvalue weighted by atomic mass is 31.2. The van der Waals surface area contributed by atoms with Gasteiger partial charge in [-0.05, 0) is 37.5 Å². The highest BCUT2D eigenvalue weighted by Gasteiger charge is 2.30. The first-order chi connectivity index (χ1) is 45.4. The molecule has 0 rings (SSSR count). The largest absolute Gasteiger partial charge is 0.472 e. The Bertz CT molecular complexity index is 1820. The number of ether oxygens (including phenoxy) is 4. The number of hydrogen-bond acceptors (Lipinski definition) is 15. The van der Waals surface area contributed by atoms with E-state index in [1.807, 2.05) is 0 Å². The molecule has 0 aliphatic rings. The van der Waals surface area contributed by atoms with Crippen LogP contribution in [0.1, 0.15) is 388 Å². The molecule has 0 aliphatic carbocycles. The van der Waals surface area contributed by atoms with Crippen LogP contribution in [0.3, 0.4) is 0 Å². The summed E-state index contributed by atoms with van der Waals surface area (Å²) in [6.45, 7) is 9.56. The summed E-state index contributed by atoms with van der Waals surface area (Å²) in [6.07, 6.45) is 54.2. The molecular formula is C75H146O17P2. The Labute approximate surface area is 575 Å². The number of hydrogen-bond donors (Lipinski definition) is 3. The van der Waals surface area contributed by atoms with E-state index >= 15 is 0 Å². The summed E-state index contributed by atoms with van der Waals surface area (Å²) in [5.74, 6) is -0.591. The number of rotatable bonds is 74. The molecule has 0 fully saturated rings. The molecule has 5 atom stereocenters. The van der Waals surface area contributed by atoms with Crippen LogP contribution in [0.25, 0.3) is 0 Å². The van der Waals surface area contributed by atoms with E-state index in [4.69, 9.17) is 37.0 Å². The molecule has 0 saturated carbocycles. The van der Waals surface area contributed by atoms with E-state index in [1.165, 1.54) is 205 Å². The number of carbonyl (C=O) groups excluding carboxylic acids is 4. The molecule has 0 amide bonds. The van der Waals surface area contributed by atoms with Crippen molar-refractivity contribution in [2.24, 2.45) is 11.8 Å². The summed E-state index contributed by atoms with van der Waals surface area (Å²) in [5, 5.41) is 10.6. The molecule has 0 spiro atoms. The average Bonchev–Trinajstić information content (AvgIpc) is 1.64. The Hall–Kier alpha value is -1.94. The maximum absolute atomic E-state index is 13.1. The van der Waals surface area contributed by atoms with Gasteiger partial charge in [0.2, 0.25) is 0 Å². The van der Waals surface area contributed by atoms with Crippen molar-refractivity contribution in [2.45, 2.75) is 407 Å². The predicted molar refractivity (Wildman–Crippen MR) is 381 cm³/mol. The van der Waals surface area contributed by atoms with Crippen LogP contribution >= 0.6 is 15.6 Å². The second kappa shape index (κ2) is 66.9. The van der Waals surface area contributed by atoms with E-state index < -0.39 is 97.5 Å². The van der Waals surface area contributed by atoms with E-state index in [2.05, 4.69) is 41.5 Å². The SMILES string of the molecule is CCCCCCCCCCCCCCCCCC(=O)OC[C@H](COP(=O)(O)OC[C@@H](O)COP(=O)(O)OC[C@@H](COC(=O)CCCCCCCCCCC)OC(=O)CCCCCCCCCCC(C)C)OC(=O)CCCCCCCCCCCCCCCCCCC(C)C. The summed E-state index contributed by atoms with van der Waals surface area (Å²) >= 11 is 0. The molecule has 2 unspecified atom stereocenters. The average molecular weight is 1380 g/mol. The van der Waals surface area contributed by atoms with Crippen molar-refractivity contribution in [3.05, 3.63) is 0 Å². The van der Waals surface area contributed by atoms with Crippen molar-refractivity contribution in [2.75, 3.05) is 39.6 Å². The molecule has 0 saturated heterocycles. The lowest BCUT2D eigenvalue weighted by atomic mass is 10.0. The van der Waals surface area contributed by atoms with Gasteiger partial charge in [0.05, 0.1) is 26.4 Å². The van der Waals surface area contributed by atoms with Crippen LogP contribution in [0, 0.1) is 11.8 Å². The Balaban J connectivity index is 5.21. The molecule has 3 N–H and O–H groups in total. The zero-order valence-electron chi connectivity index (χ0n) is 61.3. The first-order valence-corrected chi connectivity index (χ1v) is 42.0. The fourth-order valence-corrected chi connectivity index (χ4v) is 13.1. The van der Waals surface area contributed by atoms with Gasteiger partial charge in [-0.25, -0.2) is 9.13 Å². The standard InChI is InChI=1S/C75H146O17P2/c1-7-9-11-13-15-17-18-19-22-26-29-33-40-46-52-58-73(78)86-64-70(91-74(79)59-53-47-41-34-30-27-24-21-20-23-25-28-32-37-43-49-55-67(3)4)65-89-93(81,82)87-61-69(76)62-88-94(83,84)90-66-71(63-85-72(77)57-51-45-39-31-16-14-12-10-8-2)92-75(80)60-54-48-42-36-35-38-44-50-56-68(5)6/h67-71,76H,7-66H2,1-6H3,(H,81,82)(H,83,84)/t69-,70-,71-/m1/s1. The van der Waals surface area contributed by atoms with E-state index in [0.717, 1.165) is 102 Å². The minimum absolute atomic E-state index is 0.105. The van der Waals surface area contributed by atoms with Crippen LogP contribution in [0.2, 0.25) is 0 Å². The van der Waals surface area contributed by atoms with Gasteiger partial charge >= 0.3 is 39.5 Å². The second-order valence-corrected chi connectivity index (χ2v) is 30.9. The fourth-order valence-electron chi connectivity index (χ4n) is 11.5. The number of aliphatic hydroxyl groups excluding tert-OH is 1. The van der Waals surface area contributed by atoms with Gasteiger partial charge in [0.25, 0.3) is 0 Å². The van der Waals surface area contributed by atoms with E-state index in [9.17, 15) is 43.2 Å². The first kappa shape index (κ1) is 92.1. The molecule has 19 heteroatoms. The lowest BCUT2D eigenvalue weighted by Crippen LogP contribution is -2.30. The van der Waals surface area contributed by atoms with Crippen LogP contribution in [0.15, 0.2) is 0 Å². The summed E-state index contributed by atoms with van der Waals surface area (Å²) in [7, 11) is -9.91. The van der Waals surface area contributed by atoms with Crippen molar-refractivity contribution in [3.63, 3.8) is 0 Å². The summed E-state index contributed by atoms with van der Waals surface area (Å²) in [6, 6.07) is 0. The normalized spacial score (nSPS) is 14.0. The molecule has 0 aromatic heterocycles. The van der Waals surface area contributed by atoms with Gasteiger partial charge < -0.3 is 33.8 Å². The zero-order valence-corrected chi connectivity index (χ0v) is 63.1. The van der Waals surface area contributed by atoms with Crippen LogP contribution in [0.4, 0.5) is 0 Å². The van der Waals surface area contributed by atoms with Crippen LogP contribution in [-0.4, -0.2) is 96.7 Å². The molecule has 0 heterocycles. The van der Waals surface area contributed by atoms with Crippen molar-refractivity contribution >= 4 is 39.5 Å². The number of carbonyl (C=O) groups is 4. The highest BCUT2D eigenvalue weighted by Crippen LogP contribution is 2.45. The monoisotopic (exact) mass is 1380 g/mol. The molecule has 0 bridgehead atoms. The van der Waals surface area contributed by atoms with Crippen LogP contribution in [-0.2, 0) is 65.4 Å². The third kappa shape index (κ3) is 68.6. The lowest BCUT2D eigenvalue weighted by molar-refractivity contribution is -0.161. The summed E-state index contributed by atoms with van der Waals surface area (Å²) in [5.41, 5.74) is 0. The van der Waals surface area contributed by atoms with Gasteiger partial charge in [0.15, 0.2) is 12.2 Å². The van der Waals surface area contributed by atoms with Crippen molar-refractivity contribution in [1.82, 2.24) is 0 Å². The quantitative estimate of drug-likeness (QED) is 0.0222.